The molecule has 2 aromatic rings. The molecule has 1 aromatic heterocycles. The van der Waals surface area contributed by atoms with Crippen LogP contribution in [0.2, 0.25) is 0 Å². The van der Waals surface area contributed by atoms with Crippen LogP contribution in [-0.4, -0.2) is 28.6 Å². The van der Waals surface area contributed by atoms with Gasteiger partial charge in [-0.1, -0.05) is 50.1 Å². The van der Waals surface area contributed by atoms with Crippen molar-refractivity contribution >= 4 is 6.03 Å². The Kier molecular flexibility index (Phi) is 7.40. The number of carbonyl (C=O) groups is 1. The van der Waals surface area contributed by atoms with E-state index in [0.717, 1.165) is 32.4 Å². The minimum Gasteiger partial charge on any atom is -0.345 e. The van der Waals surface area contributed by atoms with Crippen LogP contribution in [-0.2, 0) is 13.1 Å². The normalized spacial score (nSPS) is 10.6. The van der Waals surface area contributed by atoms with E-state index in [9.17, 15) is 4.79 Å². The lowest BCUT2D eigenvalue weighted by Gasteiger charge is -2.24. The Bertz CT molecular complexity index is 606. The molecule has 0 unspecified atom stereocenters. The Morgan fingerprint density at radius 3 is 2.58 bits per heavy atom. The molecule has 0 atom stereocenters. The smallest absolute Gasteiger partial charge is 0.317 e. The second-order valence-electron chi connectivity index (χ2n) is 6.08. The van der Waals surface area contributed by atoms with Crippen molar-refractivity contribution in [2.45, 2.75) is 46.2 Å². The zero-order valence-electron chi connectivity index (χ0n) is 14.9. The highest BCUT2D eigenvalue weighted by Crippen LogP contribution is 2.12. The molecule has 0 spiro atoms. The number of hydrogen-bond donors (Lipinski definition) is 1. The van der Waals surface area contributed by atoms with Gasteiger partial charge in [-0.25, -0.2) is 4.79 Å². The molecule has 1 aromatic carbocycles. The van der Waals surface area contributed by atoms with E-state index in [1.165, 1.54) is 11.3 Å². The lowest BCUT2D eigenvalue weighted by atomic mass is 10.2. The van der Waals surface area contributed by atoms with Gasteiger partial charge in [-0.3, -0.25) is 0 Å². The second-order valence-corrected chi connectivity index (χ2v) is 6.08. The summed E-state index contributed by atoms with van der Waals surface area (Å²) < 4.78 is 2.22. The van der Waals surface area contributed by atoms with Gasteiger partial charge in [-0.05, 0) is 31.0 Å². The molecule has 130 valence electrons. The number of nitrogens with zero attached hydrogens (tertiary/aromatic N) is 2. The molecule has 2 amide bonds. The van der Waals surface area contributed by atoms with Crippen molar-refractivity contribution in [1.82, 2.24) is 14.8 Å². The zero-order valence-corrected chi connectivity index (χ0v) is 14.9. The number of hydrogen-bond acceptors (Lipinski definition) is 1. The van der Waals surface area contributed by atoms with Gasteiger partial charge in [0.2, 0.25) is 0 Å². The van der Waals surface area contributed by atoms with E-state index >= 15 is 0 Å². The van der Waals surface area contributed by atoms with Crippen LogP contribution in [0.15, 0.2) is 48.7 Å². The Morgan fingerprint density at radius 1 is 1.08 bits per heavy atom. The molecule has 0 aliphatic carbocycles. The first-order valence-electron chi connectivity index (χ1n) is 8.95. The van der Waals surface area contributed by atoms with Crippen molar-refractivity contribution < 1.29 is 4.79 Å². The molecule has 24 heavy (non-hydrogen) atoms. The molecule has 2 rings (SSSR count). The zero-order chi connectivity index (χ0) is 17.2. The maximum Gasteiger partial charge on any atom is 0.317 e. The number of rotatable bonds is 9. The monoisotopic (exact) mass is 327 g/mol. The highest BCUT2D eigenvalue weighted by molar-refractivity contribution is 5.74. The number of nitrogens with one attached hydrogen (secondary N) is 1. The summed E-state index contributed by atoms with van der Waals surface area (Å²) in [5.41, 5.74) is 2.44. The van der Waals surface area contributed by atoms with Crippen LogP contribution >= 0.6 is 0 Å². The maximum atomic E-state index is 12.3. The average molecular weight is 327 g/mol. The Hall–Kier alpha value is -2.23. The molecule has 1 N–H and O–H groups in total. The summed E-state index contributed by atoms with van der Waals surface area (Å²) in [6.07, 6.45) is 5.45. The van der Waals surface area contributed by atoms with Gasteiger partial charge in [-0.15, -0.1) is 0 Å². The molecule has 0 aliphatic rings. The summed E-state index contributed by atoms with van der Waals surface area (Å²) in [6, 6.07) is 14.6. The third-order valence-electron chi connectivity index (χ3n) is 4.12. The first-order valence-corrected chi connectivity index (χ1v) is 8.95. The van der Waals surface area contributed by atoms with Crippen LogP contribution in [0.5, 0.6) is 0 Å². The lowest BCUT2D eigenvalue weighted by Crippen LogP contribution is -2.40. The predicted molar refractivity (Wildman–Crippen MR) is 99.0 cm³/mol. The van der Waals surface area contributed by atoms with Crippen molar-refractivity contribution in [3.63, 3.8) is 0 Å². The quantitative estimate of drug-likeness (QED) is 0.687. The lowest BCUT2D eigenvalue weighted by molar-refractivity contribution is 0.193. The molecule has 0 saturated carbocycles. The highest BCUT2D eigenvalue weighted by atomic mass is 16.2. The number of aromatic nitrogens is 1. The molecular weight excluding hydrogens is 298 g/mol. The molecule has 1 heterocycles. The van der Waals surface area contributed by atoms with Crippen LogP contribution in [0, 0.1) is 0 Å². The topological polar surface area (TPSA) is 37.3 Å². The Morgan fingerprint density at radius 2 is 1.88 bits per heavy atom. The van der Waals surface area contributed by atoms with Crippen LogP contribution in [0.1, 0.15) is 44.4 Å². The first kappa shape index (κ1) is 18.1. The minimum absolute atomic E-state index is 0.0288. The summed E-state index contributed by atoms with van der Waals surface area (Å²) in [6.45, 7) is 7.09. The van der Waals surface area contributed by atoms with Crippen LogP contribution in [0.25, 0.3) is 0 Å². The standard InChI is InChI=1S/C20H29N3O/c1-3-5-9-14-23(20(24)21-4-2)17-19-13-10-15-22(19)16-18-11-7-6-8-12-18/h6-8,10-13,15H,3-5,9,14,16-17H2,1-2H3,(H,21,24). The first-order chi connectivity index (χ1) is 11.7. The van der Waals surface area contributed by atoms with Crippen LogP contribution in [0.3, 0.4) is 0 Å². The van der Waals surface area contributed by atoms with Crippen molar-refractivity contribution in [3.05, 3.63) is 59.9 Å². The molecule has 4 heteroatoms. The summed E-state index contributed by atoms with van der Waals surface area (Å²) in [4.78, 5) is 14.3. The van der Waals surface area contributed by atoms with E-state index in [1.807, 2.05) is 17.9 Å². The van der Waals surface area contributed by atoms with Crippen molar-refractivity contribution in [1.29, 1.82) is 0 Å². The largest absolute Gasteiger partial charge is 0.345 e. The van der Waals surface area contributed by atoms with E-state index in [2.05, 4.69) is 59.4 Å². The molecule has 4 nitrogen and oxygen atoms in total. The summed E-state index contributed by atoms with van der Waals surface area (Å²) >= 11 is 0. The van der Waals surface area contributed by atoms with Crippen molar-refractivity contribution in [2.75, 3.05) is 13.1 Å². The summed E-state index contributed by atoms with van der Waals surface area (Å²) in [7, 11) is 0. The molecular formula is C20H29N3O. The molecule has 0 bridgehead atoms. The predicted octanol–water partition coefficient (Wildman–Crippen LogP) is 4.26. The molecule has 0 aliphatic heterocycles. The number of urea groups is 1. The van der Waals surface area contributed by atoms with Gasteiger partial charge < -0.3 is 14.8 Å². The molecule has 0 radical (unpaired) electrons. The fourth-order valence-corrected chi connectivity index (χ4v) is 2.79. The van der Waals surface area contributed by atoms with E-state index in [4.69, 9.17) is 0 Å². The number of benzene rings is 1. The van der Waals surface area contributed by atoms with E-state index < -0.39 is 0 Å². The highest BCUT2D eigenvalue weighted by Gasteiger charge is 2.14. The fraction of sp³-hybridized carbons (Fsp3) is 0.450. The van der Waals surface area contributed by atoms with Gasteiger partial charge in [0.05, 0.1) is 6.54 Å². The van der Waals surface area contributed by atoms with Crippen molar-refractivity contribution in [2.24, 2.45) is 0 Å². The Balaban J connectivity index is 2.05. The minimum atomic E-state index is 0.0288. The van der Waals surface area contributed by atoms with Crippen LogP contribution in [0.4, 0.5) is 4.79 Å². The van der Waals surface area contributed by atoms with Gasteiger partial charge in [0.25, 0.3) is 0 Å². The number of unbranched alkanes of at least 4 members (excludes halogenated alkanes) is 2. The van der Waals surface area contributed by atoms with E-state index in [1.54, 1.807) is 0 Å². The number of carbonyl (C=O) groups excluding carboxylic acids is 1. The van der Waals surface area contributed by atoms with Crippen LogP contribution < -0.4 is 5.32 Å². The number of amides is 2. The maximum absolute atomic E-state index is 12.3. The summed E-state index contributed by atoms with van der Waals surface area (Å²) in [5, 5.41) is 2.93. The second kappa shape index (κ2) is 9.81. The van der Waals surface area contributed by atoms with E-state index in [-0.39, 0.29) is 6.03 Å². The van der Waals surface area contributed by atoms with E-state index in [0.29, 0.717) is 13.1 Å². The van der Waals surface area contributed by atoms with Gasteiger partial charge in [0, 0.05) is 31.5 Å². The summed E-state index contributed by atoms with van der Waals surface area (Å²) in [5.74, 6) is 0. The Labute approximate surface area is 145 Å². The van der Waals surface area contributed by atoms with Crippen molar-refractivity contribution in [3.8, 4) is 0 Å². The average Bonchev–Trinajstić information content (AvgIpc) is 3.02. The molecule has 0 fully saturated rings. The SMILES string of the molecule is CCCCCN(Cc1cccn1Cc1ccccc1)C(=O)NCC. The third kappa shape index (κ3) is 5.44. The molecule has 0 saturated heterocycles. The van der Waals surface area contributed by atoms with Gasteiger partial charge in [-0.2, -0.15) is 0 Å². The van der Waals surface area contributed by atoms with Gasteiger partial charge >= 0.3 is 6.03 Å². The third-order valence-corrected chi connectivity index (χ3v) is 4.12. The van der Waals surface area contributed by atoms with Gasteiger partial charge in [0.1, 0.15) is 0 Å². The fourth-order valence-electron chi connectivity index (χ4n) is 2.79. The van der Waals surface area contributed by atoms with Gasteiger partial charge in [0.15, 0.2) is 0 Å².